The third kappa shape index (κ3) is 6.63. The molecule has 1 amide bonds. The van der Waals surface area contributed by atoms with Crippen LogP contribution >= 0.6 is 24.8 Å². The number of hydrogen-bond donors (Lipinski definition) is 2. The van der Waals surface area contributed by atoms with E-state index < -0.39 is 0 Å². The van der Waals surface area contributed by atoms with Crippen molar-refractivity contribution in [3.63, 3.8) is 0 Å². The minimum atomic E-state index is -0.130. The first-order chi connectivity index (χ1) is 13.2. The first-order valence-electron chi connectivity index (χ1n) is 9.33. The van der Waals surface area contributed by atoms with E-state index in [-0.39, 0.29) is 30.7 Å². The van der Waals surface area contributed by atoms with Gasteiger partial charge in [-0.15, -0.1) is 24.8 Å². The fraction of sp³-hybridized carbons (Fsp3) is 0.333. The van der Waals surface area contributed by atoms with E-state index in [0.717, 1.165) is 36.4 Å². The molecule has 0 atom stereocenters. The number of fused-ring (bicyclic) bond motifs is 1. The Balaban J connectivity index is 0.00000210. The Labute approximate surface area is 183 Å². The molecule has 6 nitrogen and oxygen atoms in total. The van der Waals surface area contributed by atoms with E-state index in [1.807, 2.05) is 54.0 Å². The standard InChI is InChI=1S/C21H26N4O2.2ClH/c1-3-10-22-11-12-23-21(26)18-8-4-5-9-19(18)27-15-17-14-25-13-6-7-16(2)20(25)24-17;;/h4-9,13-14,22H,3,10-12,15H2,1-2H3,(H,23,26);2*1H. The molecule has 0 unspecified atom stereocenters. The molecule has 0 saturated carbocycles. The average Bonchev–Trinajstić information content (AvgIpc) is 3.11. The Kier molecular flexibility index (Phi) is 10.5. The molecule has 8 heteroatoms. The van der Waals surface area contributed by atoms with Crippen LogP contribution in [0.25, 0.3) is 5.65 Å². The molecule has 0 saturated heterocycles. The van der Waals surface area contributed by atoms with Gasteiger partial charge in [0.05, 0.1) is 11.3 Å². The topological polar surface area (TPSA) is 67.7 Å². The van der Waals surface area contributed by atoms with Gasteiger partial charge in [0.25, 0.3) is 5.91 Å². The summed E-state index contributed by atoms with van der Waals surface area (Å²) in [5, 5.41) is 6.19. The number of nitrogens with one attached hydrogen (secondary N) is 2. The van der Waals surface area contributed by atoms with E-state index in [2.05, 4.69) is 22.5 Å². The molecule has 0 aliphatic rings. The molecule has 0 bridgehead atoms. The maximum atomic E-state index is 12.5. The van der Waals surface area contributed by atoms with Gasteiger partial charge in [-0.25, -0.2) is 4.98 Å². The average molecular weight is 439 g/mol. The van der Waals surface area contributed by atoms with Crippen molar-refractivity contribution < 1.29 is 9.53 Å². The van der Waals surface area contributed by atoms with Crippen LogP contribution in [0.5, 0.6) is 5.75 Å². The zero-order valence-corrected chi connectivity index (χ0v) is 18.3. The van der Waals surface area contributed by atoms with Crippen LogP contribution in [0.2, 0.25) is 0 Å². The highest BCUT2D eigenvalue weighted by molar-refractivity contribution is 5.96. The number of ether oxygens (including phenoxy) is 1. The van der Waals surface area contributed by atoms with Gasteiger partial charge in [0.15, 0.2) is 0 Å². The molecule has 2 N–H and O–H groups in total. The minimum Gasteiger partial charge on any atom is -0.486 e. The quantitative estimate of drug-likeness (QED) is 0.498. The van der Waals surface area contributed by atoms with E-state index >= 15 is 0 Å². The highest BCUT2D eigenvalue weighted by Gasteiger charge is 2.12. The number of pyridine rings is 1. The molecule has 29 heavy (non-hydrogen) atoms. The van der Waals surface area contributed by atoms with Crippen molar-refractivity contribution in [1.82, 2.24) is 20.0 Å². The summed E-state index contributed by atoms with van der Waals surface area (Å²) in [5.74, 6) is 0.431. The number of aromatic nitrogens is 2. The second-order valence-electron chi connectivity index (χ2n) is 6.45. The van der Waals surface area contributed by atoms with E-state index in [1.165, 1.54) is 0 Å². The summed E-state index contributed by atoms with van der Waals surface area (Å²) in [4.78, 5) is 17.1. The van der Waals surface area contributed by atoms with Crippen LogP contribution in [-0.2, 0) is 6.61 Å². The van der Waals surface area contributed by atoms with Crippen LogP contribution in [0.1, 0.15) is 35.0 Å². The molecule has 158 valence electrons. The molecule has 2 heterocycles. The SMILES string of the molecule is CCCNCCNC(=O)c1ccccc1OCc1cn2cccc(C)c2n1.Cl.Cl. The van der Waals surface area contributed by atoms with Crippen LogP contribution in [0.4, 0.5) is 0 Å². The lowest BCUT2D eigenvalue weighted by atomic mass is 10.2. The first-order valence-corrected chi connectivity index (χ1v) is 9.33. The Morgan fingerprint density at radius 3 is 2.66 bits per heavy atom. The summed E-state index contributed by atoms with van der Waals surface area (Å²) in [6, 6.07) is 11.3. The normalized spacial score (nSPS) is 10.1. The number of carbonyl (C=O) groups is 1. The second-order valence-corrected chi connectivity index (χ2v) is 6.45. The van der Waals surface area contributed by atoms with E-state index in [1.54, 1.807) is 6.07 Å². The number of rotatable bonds is 9. The lowest BCUT2D eigenvalue weighted by molar-refractivity contribution is 0.0949. The van der Waals surface area contributed by atoms with E-state index in [0.29, 0.717) is 24.5 Å². The van der Waals surface area contributed by atoms with Crippen molar-refractivity contribution in [3.8, 4) is 5.75 Å². The minimum absolute atomic E-state index is 0. The summed E-state index contributed by atoms with van der Waals surface area (Å²) in [6.07, 6.45) is 4.99. The number of para-hydroxylation sites is 1. The van der Waals surface area contributed by atoms with Gasteiger partial charge >= 0.3 is 0 Å². The van der Waals surface area contributed by atoms with E-state index in [9.17, 15) is 4.79 Å². The third-order valence-corrected chi connectivity index (χ3v) is 4.25. The molecule has 0 aliphatic carbocycles. The van der Waals surface area contributed by atoms with Crippen molar-refractivity contribution in [2.45, 2.75) is 26.9 Å². The highest BCUT2D eigenvalue weighted by Crippen LogP contribution is 2.19. The Hall–Kier alpha value is -2.28. The van der Waals surface area contributed by atoms with Gasteiger partial charge in [0, 0.05) is 25.5 Å². The fourth-order valence-electron chi connectivity index (χ4n) is 2.87. The molecular formula is C21H28Cl2N4O2. The van der Waals surface area contributed by atoms with E-state index in [4.69, 9.17) is 4.74 Å². The molecule has 0 radical (unpaired) electrons. The van der Waals surface area contributed by atoms with Gasteiger partial charge in [-0.3, -0.25) is 4.79 Å². The molecule has 2 aromatic heterocycles. The van der Waals surface area contributed by atoms with Crippen LogP contribution in [0, 0.1) is 6.92 Å². The largest absolute Gasteiger partial charge is 0.486 e. The van der Waals surface area contributed by atoms with Gasteiger partial charge in [0.1, 0.15) is 18.0 Å². The van der Waals surface area contributed by atoms with Gasteiger partial charge < -0.3 is 19.8 Å². The zero-order chi connectivity index (χ0) is 19.1. The maximum Gasteiger partial charge on any atom is 0.255 e. The van der Waals surface area contributed by atoms with Crippen molar-refractivity contribution in [3.05, 3.63) is 65.6 Å². The maximum absolute atomic E-state index is 12.5. The van der Waals surface area contributed by atoms with Gasteiger partial charge in [-0.05, 0) is 43.7 Å². The lowest BCUT2D eigenvalue weighted by Gasteiger charge is -2.11. The van der Waals surface area contributed by atoms with Gasteiger partial charge in [-0.2, -0.15) is 0 Å². The summed E-state index contributed by atoms with van der Waals surface area (Å²) in [7, 11) is 0. The Morgan fingerprint density at radius 2 is 1.90 bits per heavy atom. The first kappa shape index (κ1) is 24.8. The third-order valence-electron chi connectivity index (χ3n) is 4.25. The van der Waals surface area contributed by atoms with Gasteiger partial charge in [0.2, 0.25) is 0 Å². The van der Waals surface area contributed by atoms with Gasteiger partial charge in [-0.1, -0.05) is 25.1 Å². The van der Waals surface area contributed by atoms with Crippen LogP contribution in [0.15, 0.2) is 48.8 Å². The predicted octanol–water partition coefficient (Wildman–Crippen LogP) is 3.79. The highest BCUT2D eigenvalue weighted by atomic mass is 35.5. The van der Waals surface area contributed by atoms with Crippen LogP contribution in [-0.4, -0.2) is 34.9 Å². The molecule has 0 aliphatic heterocycles. The molecule has 1 aromatic carbocycles. The molecule has 0 spiro atoms. The summed E-state index contributed by atoms with van der Waals surface area (Å²) in [6.45, 7) is 6.74. The number of benzene rings is 1. The Morgan fingerprint density at radius 1 is 1.10 bits per heavy atom. The predicted molar refractivity (Wildman–Crippen MR) is 121 cm³/mol. The summed E-state index contributed by atoms with van der Waals surface area (Å²) >= 11 is 0. The number of aryl methyl sites for hydroxylation is 1. The molecule has 3 rings (SSSR count). The smallest absolute Gasteiger partial charge is 0.255 e. The Bertz CT molecular complexity index is 915. The van der Waals surface area contributed by atoms with Crippen molar-refractivity contribution in [2.75, 3.05) is 19.6 Å². The monoisotopic (exact) mass is 438 g/mol. The molecular weight excluding hydrogens is 411 g/mol. The fourth-order valence-corrected chi connectivity index (χ4v) is 2.87. The van der Waals surface area contributed by atoms with Crippen molar-refractivity contribution in [2.24, 2.45) is 0 Å². The van der Waals surface area contributed by atoms with Crippen molar-refractivity contribution >= 4 is 36.4 Å². The molecule has 0 fully saturated rings. The van der Waals surface area contributed by atoms with Crippen molar-refractivity contribution in [1.29, 1.82) is 0 Å². The zero-order valence-electron chi connectivity index (χ0n) is 16.7. The summed E-state index contributed by atoms with van der Waals surface area (Å²) in [5.41, 5.74) is 3.39. The lowest BCUT2D eigenvalue weighted by Crippen LogP contribution is -2.32. The number of nitrogens with zero attached hydrogens (tertiary/aromatic N) is 2. The number of imidazole rings is 1. The summed E-state index contributed by atoms with van der Waals surface area (Å²) < 4.78 is 7.89. The number of halogens is 2. The van der Waals surface area contributed by atoms with Crippen LogP contribution in [0.3, 0.4) is 0 Å². The number of hydrogen-bond acceptors (Lipinski definition) is 4. The number of amides is 1. The molecule has 3 aromatic rings. The second kappa shape index (κ2) is 12.3. The number of carbonyl (C=O) groups excluding carboxylic acids is 1. The van der Waals surface area contributed by atoms with Crippen LogP contribution < -0.4 is 15.4 Å².